The maximum absolute atomic E-state index is 11.4. The Morgan fingerprint density at radius 3 is 2.50 bits per heavy atom. The number of halogens is 1. The zero-order valence-corrected chi connectivity index (χ0v) is 13.3. The Morgan fingerprint density at radius 2 is 2.00 bits per heavy atom. The van der Waals surface area contributed by atoms with Gasteiger partial charge in [-0.25, -0.2) is 8.42 Å². The summed E-state index contributed by atoms with van der Waals surface area (Å²) in [4.78, 5) is 12.9. The van der Waals surface area contributed by atoms with E-state index in [-0.39, 0.29) is 10.8 Å². The minimum atomic E-state index is -3.72. The molecule has 7 heteroatoms. The Morgan fingerprint density at radius 1 is 1.35 bits per heavy atom. The SMILES string of the molecule is Cc1cc(S(=O)(=O)Cl)ccc1OCCCC(=O)N(C)C. The summed E-state index contributed by atoms with van der Waals surface area (Å²) >= 11 is 0. The van der Waals surface area contributed by atoms with Crippen LogP contribution in [0.25, 0.3) is 0 Å². The quantitative estimate of drug-likeness (QED) is 0.595. The molecule has 0 radical (unpaired) electrons. The Balaban J connectivity index is 2.56. The zero-order chi connectivity index (χ0) is 15.3. The van der Waals surface area contributed by atoms with E-state index in [0.29, 0.717) is 30.8 Å². The van der Waals surface area contributed by atoms with Crippen molar-refractivity contribution in [3.05, 3.63) is 23.8 Å². The lowest BCUT2D eigenvalue weighted by molar-refractivity contribution is -0.128. The summed E-state index contributed by atoms with van der Waals surface area (Å²) in [6.07, 6.45) is 1.02. The first kappa shape index (κ1) is 16.8. The molecule has 0 aromatic heterocycles. The molecule has 1 amide bonds. The van der Waals surface area contributed by atoms with E-state index in [1.807, 2.05) is 0 Å². The molecule has 0 saturated carbocycles. The Bertz CT molecular complexity index is 584. The molecule has 0 N–H and O–H groups in total. The molecule has 0 spiro atoms. The number of aryl methyl sites for hydroxylation is 1. The van der Waals surface area contributed by atoms with Crippen molar-refractivity contribution in [2.24, 2.45) is 0 Å². The van der Waals surface area contributed by atoms with Crippen LogP contribution in [0.2, 0.25) is 0 Å². The molecule has 0 aliphatic heterocycles. The minimum Gasteiger partial charge on any atom is -0.493 e. The molecule has 0 atom stereocenters. The van der Waals surface area contributed by atoms with Crippen LogP contribution in [0.1, 0.15) is 18.4 Å². The summed E-state index contributed by atoms with van der Waals surface area (Å²) in [6, 6.07) is 4.43. The summed E-state index contributed by atoms with van der Waals surface area (Å²) in [5.74, 6) is 0.639. The highest BCUT2D eigenvalue weighted by atomic mass is 35.7. The van der Waals surface area contributed by atoms with Gasteiger partial charge in [-0.1, -0.05) is 0 Å². The van der Waals surface area contributed by atoms with Crippen LogP contribution in [-0.4, -0.2) is 39.9 Å². The number of carbonyl (C=O) groups is 1. The van der Waals surface area contributed by atoms with Crippen molar-refractivity contribution >= 4 is 25.6 Å². The normalized spacial score (nSPS) is 11.2. The molecule has 0 bridgehead atoms. The van der Waals surface area contributed by atoms with Crippen molar-refractivity contribution in [3.8, 4) is 5.75 Å². The largest absolute Gasteiger partial charge is 0.493 e. The second kappa shape index (κ2) is 6.95. The van der Waals surface area contributed by atoms with E-state index in [0.717, 1.165) is 0 Å². The third-order valence-corrected chi connectivity index (χ3v) is 4.07. The number of benzene rings is 1. The van der Waals surface area contributed by atoms with E-state index in [4.69, 9.17) is 15.4 Å². The predicted molar refractivity (Wildman–Crippen MR) is 77.6 cm³/mol. The topological polar surface area (TPSA) is 63.7 Å². The molecule has 112 valence electrons. The van der Waals surface area contributed by atoms with Crippen LogP contribution in [0.4, 0.5) is 0 Å². The minimum absolute atomic E-state index is 0.0480. The third kappa shape index (κ3) is 5.02. The molecule has 0 heterocycles. The molecular formula is C13H18ClNO4S. The Hall–Kier alpha value is -1.27. The van der Waals surface area contributed by atoms with Gasteiger partial charge >= 0.3 is 0 Å². The smallest absolute Gasteiger partial charge is 0.261 e. The molecule has 5 nitrogen and oxygen atoms in total. The van der Waals surface area contributed by atoms with Gasteiger partial charge in [0.15, 0.2) is 0 Å². The highest BCUT2D eigenvalue weighted by Gasteiger charge is 2.12. The van der Waals surface area contributed by atoms with Crippen LogP contribution >= 0.6 is 10.7 Å². The number of rotatable bonds is 6. The Kier molecular flexibility index (Phi) is 5.83. The van der Waals surface area contributed by atoms with Crippen molar-refractivity contribution < 1.29 is 17.9 Å². The van der Waals surface area contributed by atoms with Crippen LogP contribution < -0.4 is 4.74 Å². The van der Waals surface area contributed by atoms with Crippen molar-refractivity contribution in [1.29, 1.82) is 0 Å². The maximum Gasteiger partial charge on any atom is 0.261 e. The summed E-state index contributed by atoms with van der Waals surface area (Å²) < 4.78 is 27.9. The number of nitrogens with zero attached hydrogens (tertiary/aromatic N) is 1. The third-order valence-electron chi connectivity index (χ3n) is 2.72. The molecule has 0 aliphatic carbocycles. The number of hydrogen-bond donors (Lipinski definition) is 0. The van der Waals surface area contributed by atoms with Gasteiger partial charge in [-0.3, -0.25) is 4.79 Å². The van der Waals surface area contributed by atoms with E-state index in [1.165, 1.54) is 17.0 Å². The van der Waals surface area contributed by atoms with E-state index < -0.39 is 9.05 Å². The van der Waals surface area contributed by atoms with Crippen LogP contribution in [0.15, 0.2) is 23.1 Å². The average molecular weight is 320 g/mol. The van der Waals surface area contributed by atoms with Crippen LogP contribution in [0.3, 0.4) is 0 Å². The molecule has 1 rings (SSSR count). The van der Waals surface area contributed by atoms with Gasteiger partial charge in [0.25, 0.3) is 9.05 Å². The second-order valence-corrected chi connectivity index (χ2v) is 7.17. The van der Waals surface area contributed by atoms with Crippen molar-refractivity contribution in [2.75, 3.05) is 20.7 Å². The van der Waals surface area contributed by atoms with E-state index >= 15 is 0 Å². The number of hydrogen-bond acceptors (Lipinski definition) is 4. The molecular weight excluding hydrogens is 302 g/mol. The van der Waals surface area contributed by atoms with Gasteiger partial charge in [-0.15, -0.1) is 0 Å². The van der Waals surface area contributed by atoms with E-state index in [9.17, 15) is 13.2 Å². The number of carbonyl (C=O) groups excluding carboxylic acids is 1. The number of amides is 1. The fraction of sp³-hybridized carbons (Fsp3) is 0.462. The van der Waals surface area contributed by atoms with Gasteiger partial charge in [-0.05, 0) is 37.1 Å². The first-order chi connectivity index (χ1) is 9.21. The molecule has 1 aromatic carbocycles. The monoisotopic (exact) mass is 319 g/mol. The molecule has 0 unspecified atom stereocenters. The molecule has 0 saturated heterocycles. The summed E-state index contributed by atoms with van der Waals surface area (Å²) in [5.41, 5.74) is 0.686. The van der Waals surface area contributed by atoms with Gasteiger partial charge in [-0.2, -0.15) is 0 Å². The fourth-order valence-electron chi connectivity index (χ4n) is 1.56. The van der Waals surface area contributed by atoms with Crippen molar-refractivity contribution in [1.82, 2.24) is 4.90 Å². The van der Waals surface area contributed by atoms with Gasteiger partial charge in [0.2, 0.25) is 5.91 Å². The maximum atomic E-state index is 11.4. The van der Waals surface area contributed by atoms with Crippen molar-refractivity contribution in [3.63, 3.8) is 0 Å². The van der Waals surface area contributed by atoms with E-state index in [2.05, 4.69) is 0 Å². The lowest BCUT2D eigenvalue weighted by Crippen LogP contribution is -2.21. The molecule has 1 aromatic rings. The van der Waals surface area contributed by atoms with E-state index in [1.54, 1.807) is 27.1 Å². The van der Waals surface area contributed by atoms with Gasteiger partial charge in [0, 0.05) is 31.2 Å². The number of ether oxygens (including phenoxy) is 1. The van der Waals surface area contributed by atoms with Gasteiger partial charge < -0.3 is 9.64 Å². The lowest BCUT2D eigenvalue weighted by atomic mass is 10.2. The van der Waals surface area contributed by atoms with Crippen molar-refractivity contribution in [2.45, 2.75) is 24.7 Å². The first-order valence-electron chi connectivity index (χ1n) is 6.10. The van der Waals surface area contributed by atoms with Crippen LogP contribution in [0, 0.1) is 6.92 Å². The Labute approximate surface area is 123 Å². The summed E-state index contributed by atoms with van der Waals surface area (Å²) in [7, 11) is 4.96. The summed E-state index contributed by atoms with van der Waals surface area (Å²) in [6.45, 7) is 2.14. The highest BCUT2D eigenvalue weighted by molar-refractivity contribution is 8.13. The second-order valence-electron chi connectivity index (χ2n) is 4.61. The van der Waals surface area contributed by atoms with Crippen LogP contribution in [-0.2, 0) is 13.8 Å². The lowest BCUT2D eigenvalue weighted by Gasteiger charge is -2.12. The molecule has 20 heavy (non-hydrogen) atoms. The highest BCUT2D eigenvalue weighted by Crippen LogP contribution is 2.24. The first-order valence-corrected chi connectivity index (χ1v) is 8.41. The fourth-order valence-corrected chi connectivity index (χ4v) is 2.40. The molecule has 0 fully saturated rings. The van der Waals surface area contributed by atoms with Crippen LogP contribution in [0.5, 0.6) is 5.75 Å². The molecule has 0 aliphatic rings. The summed E-state index contributed by atoms with van der Waals surface area (Å²) in [5, 5.41) is 0. The van der Waals surface area contributed by atoms with Gasteiger partial charge in [0.05, 0.1) is 11.5 Å². The predicted octanol–water partition coefficient (Wildman–Crippen LogP) is 2.17. The zero-order valence-electron chi connectivity index (χ0n) is 11.7. The van der Waals surface area contributed by atoms with Gasteiger partial charge in [0.1, 0.15) is 5.75 Å². The average Bonchev–Trinajstić information content (AvgIpc) is 2.34. The standard InChI is InChI=1S/C13H18ClNO4S/c1-10-9-11(20(14,17)18)6-7-12(10)19-8-4-5-13(16)15(2)3/h6-7,9H,4-5,8H2,1-3H3.